The number of hydrogen-bond donors (Lipinski definition) is 0. The molecule has 3 rings (SSSR count). The Bertz CT molecular complexity index is 556. The molecule has 1 aliphatic rings. The second-order valence-electron chi connectivity index (χ2n) is 5.28. The van der Waals surface area contributed by atoms with Crippen molar-refractivity contribution < 1.29 is 0 Å². The summed E-state index contributed by atoms with van der Waals surface area (Å²) in [5.41, 5.74) is 0.916. The Morgan fingerprint density at radius 3 is 2.79 bits per heavy atom. The van der Waals surface area contributed by atoms with Crippen molar-refractivity contribution in [3.63, 3.8) is 0 Å². The second-order valence-corrected chi connectivity index (χ2v) is 5.28. The topological polar surface area (TPSA) is 46.8 Å². The molecule has 0 saturated heterocycles. The van der Waals surface area contributed by atoms with Gasteiger partial charge in [0.2, 0.25) is 0 Å². The van der Waals surface area contributed by atoms with Crippen LogP contribution in [0.1, 0.15) is 39.0 Å². The number of fused-ring (bicyclic) bond motifs is 1. The third kappa shape index (κ3) is 2.17. The highest BCUT2D eigenvalue weighted by atomic mass is 15.3. The van der Waals surface area contributed by atoms with Crippen LogP contribution in [0.2, 0.25) is 0 Å². The molecule has 1 saturated carbocycles. The minimum absolute atomic E-state index is 0.622. The average Bonchev–Trinajstić information content (AvgIpc) is 2.84. The Morgan fingerprint density at radius 1 is 1.26 bits per heavy atom. The van der Waals surface area contributed by atoms with E-state index in [4.69, 9.17) is 0 Å². The lowest BCUT2D eigenvalue weighted by molar-refractivity contribution is 0.417. The smallest absolute Gasteiger partial charge is 0.163 e. The van der Waals surface area contributed by atoms with Crippen molar-refractivity contribution in [3.8, 4) is 0 Å². The van der Waals surface area contributed by atoms with Crippen LogP contribution in [0, 0.1) is 0 Å². The lowest BCUT2D eigenvalue weighted by Gasteiger charge is -2.34. The third-order valence-electron chi connectivity index (χ3n) is 4.14. The normalized spacial score (nSPS) is 16.9. The molecule has 0 atom stereocenters. The highest BCUT2D eigenvalue weighted by Gasteiger charge is 2.23. The molecule has 0 bridgehead atoms. The van der Waals surface area contributed by atoms with Crippen molar-refractivity contribution in [1.29, 1.82) is 0 Å². The van der Waals surface area contributed by atoms with Gasteiger partial charge >= 0.3 is 0 Å². The Kier molecular flexibility index (Phi) is 3.36. The maximum Gasteiger partial charge on any atom is 0.163 e. The number of nitrogens with zero attached hydrogens (tertiary/aromatic N) is 5. The molecule has 0 amide bonds. The van der Waals surface area contributed by atoms with Crippen molar-refractivity contribution in [2.45, 2.75) is 45.1 Å². The molecule has 0 aromatic carbocycles. The molecule has 1 aliphatic carbocycles. The van der Waals surface area contributed by atoms with E-state index in [2.05, 4.69) is 26.9 Å². The van der Waals surface area contributed by atoms with Gasteiger partial charge < -0.3 is 4.90 Å². The lowest BCUT2D eigenvalue weighted by Crippen LogP contribution is -2.37. The quantitative estimate of drug-likeness (QED) is 0.849. The lowest BCUT2D eigenvalue weighted by atomic mass is 9.94. The molecule has 19 heavy (non-hydrogen) atoms. The van der Waals surface area contributed by atoms with E-state index in [-0.39, 0.29) is 0 Å². The predicted molar refractivity (Wildman–Crippen MR) is 76.2 cm³/mol. The molecule has 1 fully saturated rings. The maximum atomic E-state index is 4.53. The Hall–Kier alpha value is -1.65. The molecule has 0 unspecified atom stereocenters. The Balaban J connectivity index is 2.00. The molecule has 0 aliphatic heterocycles. The summed E-state index contributed by atoms with van der Waals surface area (Å²) in [5.74, 6) is 1.05. The molecule has 2 aromatic heterocycles. The van der Waals surface area contributed by atoms with Crippen molar-refractivity contribution >= 4 is 16.9 Å². The SMILES string of the molecule is CCN(c1ncnc2c1cnn2C)C1CCCCC1. The van der Waals surface area contributed by atoms with E-state index < -0.39 is 0 Å². The first-order chi connectivity index (χ1) is 9.31. The summed E-state index contributed by atoms with van der Waals surface area (Å²) in [6.45, 7) is 3.20. The van der Waals surface area contributed by atoms with Gasteiger partial charge in [0.1, 0.15) is 12.1 Å². The van der Waals surface area contributed by atoms with Crippen molar-refractivity contribution in [2.24, 2.45) is 7.05 Å². The van der Waals surface area contributed by atoms with Crippen LogP contribution in [0.25, 0.3) is 11.0 Å². The van der Waals surface area contributed by atoms with E-state index in [0.29, 0.717) is 6.04 Å². The zero-order chi connectivity index (χ0) is 13.2. The van der Waals surface area contributed by atoms with Gasteiger partial charge in [0.05, 0.1) is 11.6 Å². The number of rotatable bonds is 3. The summed E-state index contributed by atoms with van der Waals surface area (Å²) >= 11 is 0. The summed E-state index contributed by atoms with van der Waals surface area (Å²) in [6.07, 6.45) is 10.1. The summed E-state index contributed by atoms with van der Waals surface area (Å²) in [6, 6.07) is 0.622. The summed E-state index contributed by atoms with van der Waals surface area (Å²) < 4.78 is 1.81. The number of anilines is 1. The highest BCUT2D eigenvalue weighted by Crippen LogP contribution is 2.29. The maximum absolute atomic E-state index is 4.53. The highest BCUT2D eigenvalue weighted by molar-refractivity contribution is 5.86. The van der Waals surface area contributed by atoms with Gasteiger partial charge in [0.25, 0.3) is 0 Å². The van der Waals surface area contributed by atoms with Crippen molar-refractivity contribution in [2.75, 3.05) is 11.4 Å². The molecule has 0 N–H and O–H groups in total. The van der Waals surface area contributed by atoms with E-state index >= 15 is 0 Å². The fraction of sp³-hybridized carbons (Fsp3) is 0.643. The zero-order valence-corrected chi connectivity index (χ0v) is 11.7. The van der Waals surface area contributed by atoms with Gasteiger partial charge in [-0.05, 0) is 19.8 Å². The predicted octanol–water partition coefficient (Wildman–Crippen LogP) is 2.52. The minimum atomic E-state index is 0.622. The van der Waals surface area contributed by atoms with Crippen LogP contribution < -0.4 is 4.90 Å². The van der Waals surface area contributed by atoms with Crippen LogP contribution in [0.5, 0.6) is 0 Å². The molecule has 5 nitrogen and oxygen atoms in total. The van der Waals surface area contributed by atoms with Gasteiger partial charge in [0, 0.05) is 19.6 Å². The minimum Gasteiger partial charge on any atom is -0.353 e. The number of hydrogen-bond acceptors (Lipinski definition) is 4. The number of aryl methyl sites for hydroxylation is 1. The largest absolute Gasteiger partial charge is 0.353 e. The van der Waals surface area contributed by atoms with Crippen LogP contribution in [0.4, 0.5) is 5.82 Å². The number of aromatic nitrogens is 4. The van der Waals surface area contributed by atoms with Gasteiger partial charge in [-0.1, -0.05) is 19.3 Å². The second kappa shape index (κ2) is 5.15. The van der Waals surface area contributed by atoms with Crippen LogP contribution in [-0.4, -0.2) is 32.3 Å². The first kappa shape index (κ1) is 12.4. The molecule has 0 spiro atoms. The molecule has 0 radical (unpaired) electrons. The Morgan fingerprint density at radius 2 is 2.05 bits per heavy atom. The van der Waals surface area contributed by atoms with E-state index in [0.717, 1.165) is 23.4 Å². The molecule has 2 aromatic rings. The Labute approximate surface area is 113 Å². The van der Waals surface area contributed by atoms with Crippen LogP contribution >= 0.6 is 0 Å². The van der Waals surface area contributed by atoms with E-state index in [1.807, 2.05) is 17.9 Å². The van der Waals surface area contributed by atoms with Crippen molar-refractivity contribution in [1.82, 2.24) is 19.7 Å². The van der Waals surface area contributed by atoms with Gasteiger partial charge in [-0.2, -0.15) is 5.10 Å². The van der Waals surface area contributed by atoms with Gasteiger partial charge in [0.15, 0.2) is 5.65 Å². The first-order valence-electron chi connectivity index (χ1n) is 7.20. The molecular weight excluding hydrogens is 238 g/mol. The van der Waals surface area contributed by atoms with E-state index in [1.54, 1.807) is 6.33 Å². The molecule has 5 heteroatoms. The van der Waals surface area contributed by atoms with E-state index in [1.165, 1.54) is 32.1 Å². The monoisotopic (exact) mass is 259 g/mol. The summed E-state index contributed by atoms with van der Waals surface area (Å²) in [5, 5.41) is 5.37. The molecule has 102 valence electrons. The van der Waals surface area contributed by atoms with Crippen LogP contribution in [-0.2, 0) is 7.05 Å². The average molecular weight is 259 g/mol. The summed E-state index contributed by atoms with van der Waals surface area (Å²) in [4.78, 5) is 11.3. The summed E-state index contributed by atoms with van der Waals surface area (Å²) in [7, 11) is 1.93. The first-order valence-corrected chi connectivity index (χ1v) is 7.20. The van der Waals surface area contributed by atoms with Crippen LogP contribution in [0.15, 0.2) is 12.5 Å². The van der Waals surface area contributed by atoms with E-state index in [9.17, 15) is 0 Å². The fourth-order valence-electron chi connectivity index (χ4n) is 3.15. The fourth-order valence-corrected chi connectivity index (χ4v) is 3.15. The third-order valence-corrected chi connectivity index (χ3v) is 4.14. The van der Waals surface area contributed by atoms with Crippen molar-refractivity contribution in [3.05, 3.63) is 12.5 Å². The standard InChI is InChI=1S/C14H21N5/c1-3-19(11-7-5-4-6-8-11)14-12-9-17-18(2)13(12)15-10-16-14/h9-11H,3-8H2,1-2H3. The van der Waals surface area contributed by atoms with Gasteiger partial charge in [-0.3, -0.25) is 4.68 Å². The van der Waals surface area contributed by atoms with Gasteiger partial charge in [-0.15, -0.1) is 0 Å². The molecular formula is C14H21N5. The van der Waals surface area contributed by atoms with Crippen LogP contribution in [0.3, 0.4) is 0 Å². The molecule has 2 heterocycles. The zero-order valence-electron chi connectivity index (χ0n) is 11.7. The van der Waals surface area contributed by atoms with Gasteiger partial charge in [-0.25, -0.2) is 9.97 Å².